The first-order valence-corrected chi connectivity index (χ1v) is 10.2. The molecule has 3 aromatic rings. The predicted molar refractivity (Wildman–Crippen MR) is 117 cm³/mol. The lowest BCUT2D eigenvalue weighted by molar-refractivity contribution is 0.0951. The Morgan fingerprint density at radius 1 is 1.28 bits per heavy atom. The van der Waals surface area contributed by atoms with E-state index in [9.17, 15) is 4.79 Å². The number of nitrogens with one attached hydrogen (secondary N) is 2. The fraction of sp³-hybridized carbons (Fsp3) is 0.348. The maximum Gasteiger partial charge on any atom is 0.251 e. The van der Waals surface area contributed by atoms with E-state index in [-0.39, 0.29) is 5.91 Å². The van der Waals surface area contributed by atoms with Crippen molar-refractivity contribution in [3.63, 3.8) is 0 Å². The van der Waals surface area contributed by atoms with E-state index in [4.69, 9.17) is 4.98 Å². The minimum atomic E-state index is -0.00284. The van der Waals surface area contributed by atoms with Gasteiger partial charge in [-0.25, -0.2) is 9.97 Å². The fourth-order valence-corrected chi connectivity index (χ4v) is 3.18. The molecule has 1 aliphatic carbocycles. The number of rotatable bonds is 7. The SMILES string of the molecule is C/C=C/c1cn2c(-c3ccc(C(=O)NC4CC4)cc3)cnc2c(NCC(C)C)n1. The number of carbonyl (C=O) groups excluding carboxylic acids is 1. The quantitative estimate of drug-likeness (QED) is 0.629. The Balaban J connectivity index is 1.68. The monoisotopic (exact) mass is 389 g/mol. The summed E-state index contributed by atoms with van der Waals surface area (Å²) in [6.45, 7) is 7.14. The van der Waals surface area contributed by atoms with Gasteiger partial charge >= 0.3 is 0 Å². The molecule has 1 fully saturated rings. The molecule has 0 unspecified atom stereocenters. The topological polar surface area (TPSA) is 71.3 Å². The third-order valence-corrected chi connectivity index (χ3v) is 4.88. The number of benzene rings is 1. The van der Waals surface area contributed by atoms with Crippen molar-refractivity contribution in [3.8, 4) is 11.3 Å². The molecular formula is C23H27N5O. The van der Waals surface area contributed by atoms with Crippen LogP contribution in [0.5, 0.6) is 0 Å². The minimum Gasteiger partial charge on any atom is -0.367 e. The Kier molecular flexibility index (Phi) is 5.34. The van der Waals surface area contributed by atoms with E-state index in [0.29, 0.717) is 17.5 Å². The molecule has 1 aliphatic rings. The fourth-order valence-electron chi connectivity index (χ4n) is 3.18. The number of carbonyl (C=O) groups is 1. The van der Waals surface area contributed by atoms with Gasteiger partial charge in [-0.1, -0.05) is 32.1 Å². The Morgan fingerprint density at radius 3 is 2.69 bits per heavy atom. The van der Waals surface area contributed by atoms with E-state index in [2.05, 4.69) is 33.9 Å². The third-order valence-electron chi connectivity index (χ3n) is 4.88. The number of nitrogens with zero attached hydrogens (tertiary/aromatic N) is 3. The van der Waals surface area contributed by atoms with E-state index < -0.39 is 0 Å². The van der Waals surface area contributed by atoms with Gasteiger partial charge in [0.15, 0.2) is 11.5 Å². The number of hydrogen-bond acceptors (Lipinski definition) is 4. The van der Waals surface area contributed by atoms with Crippen molar-refractivity contribution in [2.75, 3.05) is 11.9 Å². The number of amides is 1. The van der Waals surface area contributed by atoms with Gasteiger partial charge in [0.25, 0.3) is 5.91 Å². The number of aromatic nitrogens is 3. The lowest BCUT2D eigenvalue weighted by atomic mass is 10.1. The van der Waals surface area contributed by atoms with Gasteiger partial charge in [0.05, 0.1) is 17.6 Å². The van der Waals surface area contributed by atoms with Gasteiger partial charge in [-0.2, -0.15) is 0 Å². The number of allylic oxidation sites excluding steroid dienone is 1. The lowest BCUT2D eigenvalue weighted by Crippen LogP contribution is -2.25. The largest absolute Gasteiger partial charge is 0.367 e. The molecule has 1 saturated carbocycles. The summed E-state index contributed by atoms with van der Waals surface area (Å²) in [4.78, 5) is 21.6. The second-order valence-electron chi connectivity index (χ2n) is 7.95. The van der Waals surface area contributed by atoms with Gasteiger partial charge in [-0.15, -0.1) is 0 Å². The molecule has 0 radical (unpaired) electrons. The van der Waals surface area contributed by atoms with Crippen molar-refractivity contribution >= 4 is 23.4 Å². The predicted octanol–water partition coefficient (Wildman–Crippen LogP) is 4.39. The highest BCUT2D eigenvalue weighted by Gasteiger charge is 2.23. The van der Waals surface area contributed by atoms with Gasteiger partial charge < -0.3 is 10.6 Å². The molecule has 6 heteroatoms. The highest BCUT2D eigenvalue weighted by molar-refractivity contribution is 5.95. The maximum absolute atomic E-state index is 12.2. The lowest BCUT2D eigenvalue weighted by Gasteiger charge is -2.11. The van der Waals surface area contributed by atoms with Crippen molar-refractivity contribution < 1.29 is 4.79 Å². The van der Waals surface area contributed by atoms with Crippen molar-refractivity contribution in [3.05, 3.63) is 54.0 Å². The summed E-state index contributed by atoms with van der Waals surface area (Å²) in [6, 6.07) is 8.05. The molecule has 150 valence electrons. The second kappa shape index (κ2) is 8.07. The Labute approximate surface area is 171 Å². The van der Waals surface area contributed by atoms with Crippen LogP contribution in [0.2, 0.25) is 0 Å². The van der Waals surface area contributed by atoms with E-state index in [0.717, 1.165) is 47.8 Å². The molecular weight excluding hydrogens is 362 g/mol. The summed E-state index contributed by atoms with van der Waals surface area (Å²) in [6.07, 6.45) is 9.98. The molecule has 4 rings (SSSR count). The van der Waals surface area contributed by atoms with Crippen molar-refractivity contribution in [2.24, 2.45) is 5.92 Å². The van der Waals surface area contributed by atoms with E-state index in [1.165, 1.54) is 0 Å². The van der Waals surface area contributed by atoms with Crippen LogP contribution in [0.3, 0.4) is 0 Å². The number of hydrogen-bond donors (Lipinski definition) is 2. The van der Waals surface area contributed by atoms with Crippen LogP contribution in [-0.4, -0.2) is 32.9 Å². The Bertz CT molecular complexity index is 1050. The van der Waals surface area contributed by atoms with Crippen LogP contribution in [-0.2, 0) is 0 Å². The highest BCUT2D eigenvalue weighted by Crippen LogP contribution is 2.26. The van der Waals surface area contributed by atoms with Crippen LogP contribution in [0.15, 0.2) is 42.7 Å². The molecule has 2 heterocycles. The van der Waals surface area contributed by atoms with Crippen LogP contribution in [0.4, 0.5) is 5.82 Å². The normalized spacial score (nSPS) is 14.1. The van der Waals surface area contributed by atoms with Crippen LogP contribution >= 0.6 is 0 Å². The maximum atomic E-state index is 12.2. The van der Waals surface area contributed by atoms with E-state index >= 15 is 0 Å². The zero-order chi connectivity index (χ0) is 20.4. The number of imidazole rings is 1. The Morgan fingerprint density at radius 2 is 2.03 bits per heavy atom. The van der Waals surface area contributed by atoms with Crippen molar-refractivity contribution in [2.45, 2.75) is 39.7 Å². The third kappa shape index (κ3) is 4.31. The summed E-state index contributed by atoms with van der Waals surface area (Å²) in [5, 5.41) is 6.44. The molecule has 2 aromatic heterocycles. The molecule has 6 nitrogen and oxygen atoms in total. The average Bonchev–Trinajstić information content (AvgIpc) is 3.42. The molecule has 29 heavy (non-hydrogen) atoms. The smallest absolute Gasteiger partial charge is 0.251 e. The zero-order valence-corrected chi connectivity index (χ0v) is 17.1. The van der Waals surface area contributed by atoms with Crippen LogP contribution in [0.1, 0.15) is 49.7 Å². The average molecular weight is 390 g/mol. The highest BCUT2D eigenvalue weighted by atomic mass is 16.1. The van der Waals surface area contributed by atoms with Crippen molar-refractivity contribution in [1.29, 1.82) is 0 Å². The number of anilines is 1. The van der Waals surface area contributed by atoms with E-state index in [1.54, 1.807) is 0 Å². The molecule has 0 bridgehead atoms. The van der Waals surface area contributed by atoms with Gasteiger partial charge in [-0.05, 0) is 43.9 Å². The Hall–Kier alpha value is -3.15. The summed E-state index contributed by atoms with van der Waals surface area (Å²) < 4.78 is 2.06. The van der Waals surface area contributed by atoms with Gasteiger partial charge in [0.1, 0.15) is 0 Å². The molecule has 0 spiro atoms. The minimum absolute atomic E-state index is 0.00284. The molecule has 0 atom stereocenters. The summed E-state index contributed by atoms with van der Waals surface area (Å²) >= 11 is 0. The summed E-state index contributed by atoms with van der Waals surface area (Å²) in [5.41, 5.74) is 4.32. The van der Waals surface area contributed by atoms with Crippen LogP contribution in [0, 0.1) is 5.92 Å². The summed E-state index contributed by atoms with van der Waals surface area (Å²) in [7, 11) is 0. The van der Waals surface area contributed by atoms with Gasteiger partial charge in [-0.3, -0.25) is 9.20 Å². The van der Waals surface area contributed by atoms with Crippen molar-refractivity contribution in [1.82, 2.24) is 19.7 Å². The first-order chi connectivity index (χ1) is 14.0. The molecule has 0 aliphatic heterocycles. The molecule has 1 amide bonds. The van der Waals surface area contributed by atoms with Gasteiger partial charge in [0, 0.05) is 29.9 Å². The standard InChI is InChI=1S/C23H27N5O/c1-4-5-19-14-28-20(13-25-22(28)21(26-19)24-12-15(2)3)16-6-8-17(9-7-16)23(29)27-18-10-11-18/h4-9,13-15,18H,10-12H2,1-3H3,(H,24,26)(H,27,29)/b5-4+. The van der Waals surface area contributed by atoms with Gasteiger partial charge in [0.2, 0.25) is 0 Å². The summed E-state index contributed by atoms with van der Waals surface area (Å²) in [5.74, 6) is 1.28. The first kappa shape index (κ1) is 19.2. The second-order valence-corrected chi connectivity index (χ2v) is 7.95. The van der Waals surface area contributed by atoms with Crippen LogP contribution in [0.25, 0.3) is 23.0 Å². The molecule has 0 saturated heterocycles. The molecule has 1 aromatic carbocycles. The zero-order valence-electron chi connectivity index (χ0n) is 17.1. The van der Waals surface area contributed by atoms with Crippen LogP contribution < -0.4 is 10.6 Å². The van der Waals surface area contributed by atoms with E-state index in [1.807, 2.05) is 55.7 Å². The molecule has 2 N–H and O–H groups in total. The first-order valence-electron chi connectivity index (χ1n) is 10.2. The number of fused-ring (bicyclic) bond motifs is 1.